The molecule has 29 nitrogen and oxygen atoms in total. The molecule has 1 aliphatic heterocycles. The minimum Gasteiger partial charge on any atom is -0.463 e. The Morgan fingerprint density at radius 1 is 0.581 bits per heavy atom. The summed E-state index contributed by atoms with van der Waals surface area (Å²) < 4.78 is 86.6. The van der Waals surface area contributed by atoms with E-state index in [0.29, 0.717) is 72.3 Å². The summed E-state index contributed by atoms with van der Waals surface area (Å²) in [5, 5.41) is 8.66. The van der Waals surface area contributed by atoms with Crippen molar-refractivity contribution in [3.8, 4) is 0 Å². The van der Waals surface area contributed by atoms with Crippen LogP contribution in [0.25, 0.3) is 20.9 Å². The van der Waals surface area contributed by atoms with E-state index in [4.69, 9.17) is 82.1 Å². The normalized spacial score (nSPS) is 19.3. The van der Waals surface area contributed by atoms with Crippen LogP contribution < -0.4 is 5.32 Å². The van der Waals surface area contributed by atoms with Gasteiger partial charge in [-0.15, -0.1) is 0 Å². The Kier molecular flexibility index (Phi) is 39.4. The fourth-order valence-electron chi connectivity index (χ4n) is 7.42. The van der Waals surface area contributed by atoms with Crippen molar-refractivity contribution in [2.24, 2.45) is 22.4 Å². The van der Waals surface area contributed by atoms with Crippen LogP contribution in [0.1, 0.15) is 67.7 Å². The van der Waals surface area contributed by atoms with E-state index >= 15 is 0 Å². The highest BCUT2D eigenvalue weighted by Crippen LogP contribution is 2.34. The lowest BCUT2D eigenvalue weighted by Gasteiger charge is -2.47. The molecular weight excluding hydrogens is 991 g/mol. The quantitative estimate of drug-likeness (QED) is 0.0134. The van der Waals surface area contributed by atoms with Gasteiger partial charge in [-0.2, -0.15) is 0 Å². The zero-order valence-corrected chi connectivity index (χ0v) is 44.0. The number of carbonyl (C=O) groups is 5. The summed E-state index contributed by atoms with van der Waals surface area (Å²) in [7, 11) is 1.30. The Balaban J connectivity index is 3.23. The van der Waals surface area contributed by atoms with E-state index in [2.05, 4.69) is 35.4 Å². The van der Waals surface area contributed by atoms with Crippen LogP contribution in [0.3, 0.4) is 0 Å². The number of amides is 1. The van der Waals surface area contributed by atoms with Gasteiger partial charge in [-0.3, -0.25) is 24.0 Å². The topological polar surface area (TPSA) is 352 Å². The molecule has 10 atom stereocenters. The largest absolute Gasteiger partial charge is 0.463 e. The van der Waals surface area contributed by atoms with Gasteiger partial charge >= 0.3 is 23.9 Å². The first kappa shape index (κ1) is 67.1. The molecule has 0 aromatic rings. The zero-order chi connectivity index (χ0) is 54.8. The molecule has 1 saturated heterocycles. The maximum Gasteiger partial charge on any atom is 0.303 e. The van der Waals surface area contributed by atoms with Gasteiger partial charge in [0.15, 0.2) is 18.5 Å². The van der Waals surface area contributed by atoms with Gasteiger partial charge < -0.3 is 86.0 Å². The number of carbonyl (C=O) groups excluding carboxylic acids is 5. The number of azide groups is 2. The van der Waals surface area contributed by atoms with Crippen molar-refractivity contribution in [2.45, 2.75) is 117 Å². The molecule has 0 bridgehead atoms. The molecule has 0 spiro atoms. The predicted molar refractivity (Wildman–Crippen MR) is 254 cm³/mol. The van der Waals surface area contributed by atoms with Crippen LogP contribution in [-0.4, -0.2) is 211 Å². The maximum absolute atomic E-state index is 13.0. The molecule has 0 aromatic heterocycles. The summed E-state index contributed by atoms with van der Waals surface area (Å²) in [5.74, 6) is -4.41. The Morgan fingerprint density at radius 2 is 1.03 bits per heavy atom. The Morgan fingerprint density at radius 3 is 1.45 bits per heavy atom. The number of esters is 4. The Bertz CT molecular complexity index is 1650. The maximum atomic E-state index is 13.0. The molecule has 1 N–H and O–H groups in total. The van der Waals surface area contributed by atoms with Gasteiger partial charge in [0.05, 0.1) is 105 Å². The van der Waals surface area contributed by atoms with E-state index in [-0.39, 0.29) is 78.4 Å². The lowest BCUT2D eigenvalue weighted by atomic mass is 9.82. The highest BCUT2D eigenvalue weighted by molar-refractivity contribution is 5.73. The number of hydrogen-bond donors (Lipinski definition) is 1. The monoisotopic (exact) mass is 1070 g/mol. The molecule has 426 valence electrons. The standard InChI is InChI=1S/C45H79N7O22/c1-31(10-9-12-59-14-16-61-18-20-63-22-24-65-26-28-68-51-49-46)41(71-35(5)55)38(11-13-60-15-17-62-19-21-64-23-25-66-27-29-69-52-50-47)42(72-36(6)56)45(58-8)74-43-39(30-67-34(4)54)70-32(2)40(48-33(3)53)44(43)73-37(7)57/h31-32,38-45H,9-30H2,1-8H3,(H,48,53). The minimum atomic E-state index is -1.48. The highest BCUT2D eigenvalue weighted by atomic mass is 16.7. The van der Waals surface area contributed by atoms with Gasteiger partial charge in [-0.25, -0.2) is 0 Å². The van der Waals surface area contributed by atoms with Crippen LogP contribution in [-0.2, 0) is 105 Å². The fraction of sp³-hybridized carbons (Fsp3) is 0.889. The first-order chi connectivity index (χ1) is 35.7. The van der Waals surface area contributed by atoms with E-state index in [1.807, 2.05) is 6.92 Å². The average molecular weight is 1070 g/mol. The number of ether oxygens (including phenoxy) is 15. The fourth-order valence-corrected chi connectivity index (χ4v) is 7.42. The summed E-state index contributed by atoms with van der Waals surface area (Å²) in [6.45, 7) is 13.9. The lowest BCUT2D eigenvalue weighted by molar-refractivity contribution is -0.288. The molecule has 74 heavy (non-hydrogen) atoms. The number of hydrogen-bond acceptors (Lipinski definition) is 24. The third kappa shape index (κ3) is 32.4. The van der Waals surface area contributed by atoms with Crippen LogP contribution in [0.4, 0.5) is 0 Å². The van der Waals surface area contributed by atoms with Crippen molar-refractivity contribution in [1.82, 2.24) is 5.32 Å². The van der Waals surface area contributed by atoms with E-state index < -0.39 is 84.7 Å². The second-order valence-corrected chi connectivity index (χ2v) is 16.3. The van der Waals surface area contributed by atoms with Crippen molar-refractivity contribution in [2.75, 3.05) is 133 Å². The molecule has 1 heterocycles. The predicted octanol–water partition coefficient (Wildman–Crippen LogP) is 3.03. The molecule has 1 aliphatic rings. The summed E-state index contributed by atoms with van der Waals surface area (Å²) in [5.41, 5.74) is 16.4. The summed E-state index contributed by atoms with van der Waals surface area (Å²) in [4.78, 5) is 77.2. The molecule has 0 radical (unpaired) electrons. The van der Waals surface area contributed by atoms with E-state index in [1.54, 1.807) is 6.92 Å². The van der Waals surface area contributed by atoms with Crippen molar-refractivity contribution < 1.29 is 105 Å². The van der Waals surface area contributed by atoms with E-state index in [9.17, 15) is 24.0 Å². The number of methoxy groups -OCH3 is 1. The molecular formula is C45H79N7O22. The average Bonchev–Trinajstić information content (AvgIpc) is 3.34. The first-order valence-electron chi connectivity index (χ1n) is 24.4. The van der Waals surface area contributed by atoms with Crippen LogP contribution in [0.15, 0.2) is 10.6 Å². The van der Waals surface area contributed by atoms with Crippen molar-refractivity contribution in [3.05, 3.63) is 20.9 Å². The molecule has 1 amide bonds. The van der Waals surface area contributed by atoms with Crippen LogP contribution >= 0.6 is 0 Å². The van der Waals surface area contributed by atoms with Crippen LogP contribution in [0.2, 0.25) is 0 Å². The summed E-state index contributed by atoms with van der Waals surface area (Å²) in [6.07, 6.45) is -7.00. The second-order valence-electron chi connectivity index (χ2n) is 16.3. The van der Waals surface area contributed by atoms with Crippen molar-refractivity contribution in [1.29, 1.82) is 0 Å². The molecule has 1 fully saturated rings. The van der Waals surface area contributed by atoms with Gasteiger partial charge in [0.2, 0.25) is 5.91 Å². The second kappa shape index (κ2) is 43.4. The van der Waals surface area contributed by atoms with Gasteiger partial charge in [0, 0.05) is 70.7 Å². The van der Waals surface area contributed by atoms with Gasteiger partial charge in [-0.1, -0.05) is 6.92 Å². The Labute approximate surface area is 431 Å². The van der Waals surface area contributed by atoms with Crippen molar-refractivity contribution in [3.63, 3.8) is 0 Å². The molecule has 10 unspecified atom stereocenters. The van der Waals surface area contributed by atoms with Crippen LogP contribution in [0.5, 0.6) is 0 Å². The first-order valence-corrected chi connectivity index (χ1v) is 24.4. The van der Waals surface area contributed by atoms with Gasteiger partial charge in [0.25, 0.3) is 0 Å². The minimum absolute atomic E-state index is 0.0568. The number of nitrogens with one attached hydrogen (secondary N) is 1. The Hall–Kier alpha value is -4.87. The lowest BCUT2D eigenvalue weighted by Crippen LogP contribution is -2.66. The number of nitrogens with zero attached hydrogens (tertiary/aromatic N) is 6. The van der Waals surface area contributed by atoms with E-state index in [0.717, 1.165) is 0 Å². The molecule has 1 rings (SSSR count). The van der Waals surface area contributed by atoms with Gasteiger partial charge in [0.1, 0.15) is 48.7 Å². The molecule has 0 aromatic carbocycles. The molecule has 0 aliphatic carbocycles. The molecule has 29 heteroatoms. The SMILES string of the molecule is COC(OC1C(COC(C)=O)OC(C)C(NC(C)=O)C1OC(C)=O)C(OC(C)=O)C(CCOCCOCCOCCOCCON=[N+]=[N-])C(OC(C)=O)C(C)CCCOCCOCCOCCOCCON=[N+]=[N-]. The van der Waals surface area contributed by atoms with E-state index in [1.165, 1.54) is 41.7 Å². The smallest absolute Gasteiger partial charge is 0.303 e. The highest BCUT2D eigenvalue weighted by Gasteiger charge is 2.51. The van der Waals surface area contributed by atoms with Crippen molar-refractivity contribution >= 4 is 29.8 Å². The molecule has 0 saturated carbocycles. The van der Waals surface area contributed by atoms with Crippen LogP contribution in [0, 0.1) is 11.8 Å². The third-order valence-corrected chi connectivity index (χ3v) is 10.5. The summed E-state index contributed by atoms with van der Waals surface area (Å²) in [6, 6.07) is -0.951. The summed E-state index contributed by atoms with van der Waals surface area (Å²) >= 11 is 0. The van der Waals surface area contributed by atoms with Gasteiger partial charge in [-0.05, 0) is 43.2 Å². The number of rotatable bonds is 46. The zero-order valence-electron chi connectivity index (χ0n) is 44.0. The third-order valence-electron chi connectivity index (χ3n) is 10.5.